The highest BCUT2D eigenvalue weighted by atomic mass is 35.5. The van der Waals surface area contributed by atoms with Gasteiger partial charge in [0.15, 0.2) is 0 Å². The molecular weight excluding hydrogens is 426 g/mol. The molecule has 2 aliphatic rings. The normalized spacial score (nSPS) is 24.4. The molecule has 32 heavy (non-hydrogen) atoms. The molecule has 1 unspecified atom stereocenters. The molecule has 0 aromatic heterocycles. The third-order valence-corrected chi connectivity index (χ3v) is 7.19. The quantitative estimate of drug-likeness (QED) is 0.518. The topological polar surface area (TPSA) is 66.8 Å². The Morgan fingerprint density at radius 3 is 2.56 bits per heavy atom. The molecular formula is C26H38ClNO4. The Kier molecular flexibility index (Phi) is 9.42. The lowest BCUT2D eigenvalue weighted by Gasteiger charge is -2.42. The SMILES string of the molecule is CC(C)C[C@@H]1O[C@H](C2CCCCC2)CCC1C(=O)N(CCc1cccc(Cl)c1)CC(=O)O. The lowest BCUT2D eigenvalue weighted by atomic mass is 9.78. The van der Waals surface area contributed by atoms with Gasteiger partial charge in [0.25, 0.3) is 0 Å². The summed E-state index contributed by atoms with van der Waals surface area (Å²) in [6.07, 6.45) is 9.50. The molecule has 0 radical (unpaired) electrons. The van der Waals surface area contributed by atoms with Gasteiger partial charge in [0.2, 0.25) is 5.91 Å². The van der Waals surface area contributed by atoms with E-state index in [1.165, 1.54) is 37.0 Å². The van der Waals surface area contributed by atoms with Gasteiger partial charge in [-0.05, 0) is 68.1 Å². The van der Waals surface area contributed by atoms with Crippen molar-refractivity contribution in [1.29, 1.82) is 0 Å². The largest absolute Gasteiger partial charge is 0.480 e. The molecule has 0 spiro atoms. The van der Waals surface area contributed by atoms with E-state index in [0.717, 1.165) is 24.8 Å². The van der Waals surface area contributed by atoms with Crippen LogP contribution >= 0.6 is 11.6 Å². The number of carboxylic acid groups (broad SMARTS) is 1. The minimum absolute atomic E-state index is 0.0813. The van der Waals surface area contributed by atoms with Crippen LogP contribution < -0.4 is 0 Å². The molecule has 1 aliphatic heterocycles. The molecule has 1 aromatic rings. The number of rotatable bonds is 9. The molecule has 1 saturated carbocycles. The van der Waals surface area contributed by atoms with Crippen molar-refractivity contribution >= 4 is 23.5 Å². The van der Waals surface area contributed by atoms with Crippen LogP contribution in [0.4, 0.5) is 0 Å². The summed E-state index contributed by atoms with van der Waals surface area (Å²) < 4.78 is 6.59. The first kappa shape index (κ1) is 25.0. The number of carbonyl (C=O) groups is 2. The molecule has 1 aliphatic carbocycles. The van der Waals surface area contributed by atoms with Gasteiger partial charge in [-0.2, -0.15) is 0 Å². The van der Waals surface area contributed by atoms with Crippen LogP contribution in [0.1, 0.15) is 70.8 Å². The fourth-order valence-corrected chi connectivity index (χ4v) is 5.57. The van der Waals surface area contributed by atoms with Crippen molar-refractivity contribution in [1.82, 2.24) is 4.90 Å². The monoisotopic (exact) mass is 463 g/mol. The average Bonchev–Trinajstić information content (AvgIpc) is 2.76. The van der Waals surface area contributed by atoms with Gasteiger partial charge >= 0.3 is 5.97 Å². The maximum atomic E-state index is 13.6. The Hall–Kier alpha value is -1.59. The summed E-state index contributed by atoms with van der Waals surface area (Å²) in [5.74, 6) is -0.313. The molecule has 1 heterocycles. The summed E-state index contributed by atoms with van der Waals surface area (Å²) in [7, 11) is 0. The van der Waals surface area contributed by atoms with Crippen LogP contribution in [-0.2, 0) is 20.7 Å². The van der Waals surface area contributed by atoms with Gasteiger partial charge in [0, 0.05) is 11.6 Å². The first-order valence-corrected chi connectivity index (χ1v) is 12.6. The average molecular weight is 464 g/mol. The van der Waals surface area contributed by atoms with Gasteiger partial charge < -0.3 is 14.7 Å². The molecule has 1 saturated heterocycles. The third-order valence-electron chi connectivity index (χ3n) is 6.95. The number of carbonyl (C=O) groups excluding carboxylic acids is 1. The fraction of sp³-hybridized carbons (Fsp3) is 0.692. The van der Waals surface area contributed by atoms with Crippen LogP contribution in [-0.4, -0.2) is 47.2 Å². The molecule has 2 fully saturated rings. The van der Waals surface area contributed by atoms with Crippen LogP contribution in [0, 0.1) is 17.8 Å². The van der Waals surface area contributed by atoms with Crippen LogP contribution in [0.25, 0.3) is 0 Å². The molecule has 3 atom stereocenters. The van der Waals surface area contributed by atoms with Gasteiger partial charge in [-0.3, -0.25) is 9.59 Å². The van der Waals surface area contributed by atoms with Crippen LogP contribution in [0.3, 0.4) is 0 Å². The van der Waals surface area contributed by atoms with Gasteiger partial charge in [-0.15, -0.1) is 0 Å². The molecule has 178 valence electrons. The van der Waals surface area contributed by atoms with E-state index >= 15 is 0 Å². The summed E-state index contributed by atoms with van der Waals surface area (Å²) in [6.45, 7) is 4.39. The molecule has 3 rings (SSSR count). The van der Waals surface area contributed by atoms with E-state index in [1.807, 2.05) is 24.3 Å². The van der Waals surface area contributed by atoms with E-state index in [9.17, 15) is 14.7 Å². The lowest BCUT2D eigenvalue weighted by Crippen LogP contribution is -2.49. The maximum absolute atomic E-state index is 13.6. The number of ether oxygens (including phenoxy) is 1. The molecule has 1 amide bonds. The minimum atomic E-state index is -0.985. The van der Waals surface area contributed by atoms with E-state index in [-0.39, 0.29) is 30.6 Å². The zero-order chi connectivity index (χ0) is 23.1. The van der Waals surface area contributed by atoms with Crippen molar-refractivity contribution in [2.45, 2.75) is 83.8 Å². The number of hydrogen-bond donors (Lipinski definition) is 1. The van der Waals surface area contributed by atoms with E-state index < -0.39 is 5.97 Å². The summed E-state index contributed by atoms with van der Waals surface area (Å²) in [6, 6.07) is 7.50. The number of amides is 1. The molecule has 1 N–H and O–H groups in total. The summed E-state index contributed by atoms with van der Waals surface area (Å²) in [5, 5.41) is 10.1. The molecule has 1 aromatic carbocycles. The second kappa shape index (κ2) is 12.0. The summed E-state index contributed by atoms with van der Waals surface area (Å²) in [5.41, 5.74) is 0.997. The number of benzene rings is 1. The standard InChI is InChI=1S/C26H38ClNO4/c1-18(2)15-24-22(11-12-23(32-24)20-8-4-3-5-9-20)26(31)28(17-25(29)30)14-13-19-7-6-10-21(27)16-19/h6-7,10,16,18,20,22-24H,3-5,8-9,11-15,17H2,1-2H3,(H,29,30)/t22?,23-,24-/m0/s1. The van der Waals surface area contributed by atoms with Crippen LogP contribution in [0.5, 0.6) is 0 Å². The van der Waals surface area contributed by atoms with Crippen molar-refractivity contribution in [2.24, 2.45) is 17.8 Å². The fourth-order valence-electron chi connectivity index (χ4n) is 5.36. The number of hydrogen-bond acceptors (Lipinski definition) is 3. The molecule has 0 bridgehead atoms. The van der Waals surface area contributed by atoms with E-state index in [4.69, 9.17) is 16.3 Å². The first-order chi connectivity index (χ1) is 15.3. The third kappa shape index (κ3) is 7.21. The molecule has 5 nitrogen and oxygen atoms in total. The molecule has 6 heteroatoms. The van der Waals surface area contributed by atoms with Crippen LogP contribution in [0.2, 0.25) is 5.02 Å². The summed E-state index contributed by atoms with van der Waals surface area (Å²) >= 11 is 6.08. The van der Waals surface area contributed by atoms with Crippen LogP contribution in [0.15, 0.2) is 24.3 Å². The number of halogens is 1. The summed E-state index contributed by atoms with van der Waals surface area (Å²) in [4.78, 5) is 26.6. The highest BCUT2D eigenvalue weighted by molar-refractivity contribution is 6.30. The highest BCUT2D eigenvalue weighted by Crippen LogP contribution is 2.38. The Bertz CT molecular complexity index is 762. The zero-order valence-corrected chi connectivity index (χ0v) is 20.2. The van der Waals surface area contributed by atoms with Gasteiger partial charge in [0.05, 0.1) is 18.1 Å². The Morgan fingerprint density at radius 1 is 1.16 bits per heavy atom. The Morgan fingerprint density at radius 2 is 1.91 bits per heavy atom. The van der Waals surface area contributed by atoms with Crippen molar-refractivity contribution in [3.8, 4) is 0 Å². The Labute approximate surface area is 197 Å². The van der Waals surface area contributed by atoms with Crippen molar-refractivity contribution < 1.29 is 19.4 Å². The lowest BCUT2D eigenvalue weighted by molar-refractivity contribution is -0.161. The van der Waals surface area contributed by atoms with Gasteiger partial charge in [-0.25, -0.2) is 0 Å². The van der Waals surface area contributed by atoms with E-state index in [1.54, 1.807) is 0 Å². The second-order valence-electron chi connectivity index (χ2n) is 9.96. The van der Waals surface area contributed by atoms with E-state index in [2.05, 4.69) is 13.8 Å². The smallest absolute Gasteiger partial charge is 0.323 e. The van der Waals surface area contributed by atoms with E-state index in [0.29, 0.717) is 29.8 Å². The second-order valence-corrected chi connectivity index (χ2v) is 10.4. The number of nitrogens with zero attached hydrogens (tertiary/aromatic N) is 1. The van der Waals surface area contributed by atoms with Crippen molar-refractivity contribution in [3.63, 3.8) is 0 Å². The maximum Gasteiger partial charge on any atom is 0.323 e. The minimum Gasteiger partial charge on any atom is -0.480 e. The zero-order valence-electron chi connectivity index (χ0n) is 19.5. The predicted molar refractivity (Wildman–Crippen MR) is 127 cm³/mol. The number of carboxylic acids is 1. The first-order valence-electron chi connectivity index (χ1n) is 12.2. The van der Waals surface area contributed by atoms with Gasteiger partial charge in [-0.1, -0.05) is 56.8 Å². The Balaban J connectivity index is 1.69. The predicted octanol–water partition coefficient (Wildman–Crippen LogP) is 5.59. The number of aliphatic carboxylic acids is 1. The van der Waals surface area contributed by atoms with Crippen molar-refractivity contribution in [3.05, 3.63) is 34.9 Å². The van der Waals surface area contributed by atoms with Gasteiger partial charge in [0.1, 0.15) is 6.54 Å². The van der Waals surface area contributed by atoms with Crippen molar-refractivity contribution in [2.75, 3.05) is 13.1 Å². The highest BCUT2D eigenvalue weighted by Gasteiger charge is 2.40.